The van der Waals surface area contributed by atoms with Crippen molar-refractivity contribution in [1.29, 1.82) is 0 Å². The Morgan fingerprint density at radius 2 is 1.61 bits per heavy atom. The van der Waals surface area contributed by atoms with Gasteiger partial charge in [0.15, 0.2) is 23.3 Å². The van der Waals surface area contributed by atoms with Gasteiger partial charge >= 0.3 is 0 Å². The first-order chi connectivity index (χ1) is 8.41. The average Bonchev–Trinajstić information content (AvgIpc) is 2.31. The predicted octanol–water partition coefficient (Wildman–Crippen LogP) is 2.55. The molecule has 0 atom stereocenters. The highest BCUT2D eigenvalue weighted by Crippen LogP contribution is 2.27. The van der Waals surface area contributed by atoms with Gasteiger partial charge in [0.05, 0.1) is 0 Å². The van der Waals surface area contributed by atoms with E-state index < -0.39 is 40.4 Å². The molecule has 0 fully saturated rings. The average molecular weight is 264 g/mol. The van der Waals surface area contributed by atoms with Crippen LogP contribution in [0.5, 0.6) is 0 Å². The first-order valence-corrected chi connectivity index (χ1v) is 5.31. The number of unbranched alkanes of at least 4 members (excludes halogenated alkanes) is 1. The van der Waals surface area contributed by atoms with E-state index in [4.69, 9.17) is 0 Å². The van der Waals surface area contributed by atoms with Crippen LogP contribution in [0.3, 0.4) is 0 Å². The Morgan fingerprint density at radius 3 is 2.00 bits per heavy atom. The zero-order chi connectivity index (χ0) is 13.9. The highest BCUT2D eigenvalue weighted by molar-refractivity contribution is 5.94. The second-order valence-corrected chi connectivity index (χ2v) is 3.65. The molecule has 0 unspecified atom stereocenters. The van der Waals surface area contributed by atoms with Crippen LogP contribution in [0, 0.1) is 23.3 Å². The summed E-state index contributed by atoms with van der Waals surface area (Å²) in [6.45, 7) is 1.99. The van der Waals surface area contributed by atoms with E-state index in [2.05, 4.69) is 11.1 Å². The molecule has 0 heterocycles. The lowest BCUT2D eigenvalue weighted by Crippen LogP contribution is -2.20. The van der Waals surface area contributed by atoms with Gasteiger partial charge in [-0.15, -0.1) is 0 Å². The molecule has 0 aliphatic carbocycles. The number of nitrogens with one attached hydrogen (secondary N) is 1. The third kappa shape index (κ3) is 2.55. The summed E-state index contributed by atoms with van der Waals surface area (Å²) in [7, 11) is 0. The third-order valence-corrected chi connectivity index (χ3v) is 2.34. The van der Waals surface area contributed by atoms with Crippen LogP contribution in [0.2, 0.25) is 0 Å². The van der Waals surface area contributed by atoms with Crippen molar-refractivity contribution in [2.45, 2.75) is 19.8 Å². The Bertz CT molecular complexity index is 448. The number of hydrogen-bond acceptors (Lipinski definition) is 2. The van der Waals surface area contributed by atoms with Crippen molar-refractivity contribution in [1.82, 2.24) is 0 Å². The molecule has 0 spiro atoms. The second-order valence-electron chi connectivity index (χ2n) is 3.65. The molecule has 0 saturated carbocycles. The minimum absolute atomic E-state index is 0.152. The summed E-state index contributed by atoms with van der Waals surface area (Å²) in [6.07, 6.45) is 1.31. The van der Waals surface area contributed by atoms with E-state index in [1.54, 1.807) is 0 Å². The molecule has 1 rings (SSSR count). The lowest BCUT2D eigenvalue weighted by Gasteiger charge is -2.11. The quantitative estimate of drug-likeness (QED) is 0.488. The van der Waals surface area contributed by atoms with E-state index in [9.17, 15) is 22.4 Å². The largest absolute Gasteiger partial charge is 0.380 e. The summed E-state index contributed by atoms with van der Waals surface area (Å²) >= 11 is 0. The highest BCUT2D eigenvalue weighted by atomic mass is 19.2. The Kier molecular flexibility index (Phi) is 4.52. The summed E-state index contributed by atoms with van der Waals surface area (Å²) in [5.74, 6) is -8.46. The van der Waals surface area contributed by atoms with Crippen LogP contribution < -0.4 is 11.1 Å². The standard InChI is InChI=1S/C11H12F4N2O/c1-2-3-4-17-10-8(14)6(12)5(11(16)18)7(13)9(10)15/h17H,2-4H2,1H3,(H2,16,18). The molecule has 3 nitrogen and oxygen atoms in total. The third-order valence-electron chi connectivity index (χ3n) is 2.34. The Hall–Kier alpha value is -1.79. The number of nitrogens with two attached hydrogens (primary N) is 1. The van der Waals surface area contributed by atoms with E-state index >= 15 is 0 Å². The molecule has 100 valence electrons. The molecule has 0 radical (unpaired) electrons. The van der Waals surface area contributed by atoms with Crippen LogP contribution >= 0.6 is 0 Å². The minimum Gasteiger partial charge on any atom is -0.380 e. The van der Waals surface area contributed by atoms with Crippen molar-refractivity contribution in [2.24, 2.45) is 5.73 Å². The summed E-state index contributed by atoms with van der Waals surface area (Å²) in [4.78, 5) is 10.7. The van der Waals surface area contributed by atoms with Crippen molar-refractivity contribution in [3.8, 4) is 0 Å². The van der Waals surface area contributed by atoms with Crippen LogP contribution in [0.25, 0.3) is 0 Å². The van der Waals surface area contributed by atoms with E-state index in [0.29, 0.717) is 6.42 Å². The molecule has 0 bridgehead atoms. The Morgan fingerprint density at radius 1 is 1.11 bits per heavy atom. The van der Waals surface area contributed by atoms with Crippen LogP contribution in [-0.4, -0.2) is 12.5 Å². The maximum atomic E-state index is 13.4. The van der Waals surface area contributed by atoms with E-state index in [0.717, 1.165) is 6.42 Å². The number of benzene rings is 1. The number of hydrogen-bond donors (Lipinski definition) is 2. The van der Waals surface area contributed by atoms with Gasteiger partial charge in [0.25, 0.3) is 5.91 Å². The van der Waals surface area contributed by atoms with Gasteiger partial charge in [0.2, 0.25) is 0 Å². The first-order valence-electron chi connectivity index (χ1n) is 5.31. The minimum atomic E-state index is -1.79. The molecule has 1 aromatic rings. The Labute approximate surface area is 101 Å². The molecule has 0 aliphatic heterocycles. The molecule has 0 aromatic heterocycles. The number of amides is 1. The molecule has 18 heavy (non-hydrogen) atoms. The van der Waals surface area contributed by atoms with Gasteiger partial charge in [-0.25, -0.2) is 17.6 Å². The predicted molar refractivity (Wildman–Crippen MR) is 58.2 cm³/mol. The van der Waals surface area contributed by atoms with Gasteiger partial charge in [0, 0.05) is 6.54 Å². The molecule has 1 amide bonds. The highest BCUT2D eigenvalue weighted by Gasteiger charge is 2.27. The fourth-order valence-electron chi connectivity index (χ4n) is 1.39. The van der Waals surface area contributed by atoms with Gasteiger partial charge in [-0.05, 0) is 6.42 Å². The summed E-state index contributed by atoms with van der Waals surface area (Å²) in [5, 5.41) is 2.25. The lowest BCUT2D eigenvalue weighted by molar-refractivity contribution is 0.0990. The van der Waals surface area contributed by atoms with Gasteiger partial charge in [0.1, 0.15) is 11.3 Å². The van der Waals surface area contributed by atoms with Crippen LogP contribution in [0.1, 0.15) is 30.1 Å². The zero-order valence-corrected chi connectivity index (χ0v) is 9.62. The number of halogens is 4. The molecule has 1 aromatic carbocycles. The number of carbonyl (C=O) groups excluding carboxylic acids is 1. The van der Waals surface area contributed by atoms with Gasteiger partial charge < -0.3 is 11.1 Å². The maximum Gasteiger partial charge on any atom is 0.254 e. The number of anilines is 1. The number of primary amides is 1. The summed E-state index contributed by atoms with van der Waals surface area (Å²) in [6, 6.07) is 0. The molecular weight excluding hydrogens is 252 g/mol. The first kappa shape index (κ1) is 14.3. The van der Waals surface area contributed by atoms with Crippen molar-refractivity contribution in [3.63, 3.8) is 0 Å². The van der Waals surface area contributed by atoms with Gasteiger partial charge in [-0.2, -0.15) is 0 Å². The zero-order valence-electron chi connectivity index (χ0n) is 9.62. The summed E-state index contributed by atoms with van der Waals surface area (Å²) in [5.41, 5.74) is 2.31. The van der Waals surface area contributed by atoms with E-state index in [1.807, 2.05) is 6.92 Å². The number of rotatable bonds is 5. The van der Waals surface area contributed by atoms with Crippen molar-refractivity contribution in [3.05, 3.63) is 28.8 Å². The van der Waals surface area contributed by atoms with Gasteiger partial charge in [-0.3, -0.25) is 4.79 Å². The van der Waals surface area contributed by atoms with Gasteiger partial charge in [-0.1, -0.05) is 13.3 Å². The maximum absolute atomic E-state index is 13.4. The topological polar surface area (TPSA) is 55.1 Å². The Balaban J connectivity index is 3.26. The monoisotopic (exact) mass is 264 g/mol. The SMILES string of the molecule is CCCCNc1c(F)c(F)c(C(N)=O)c(F)c1F. The molecule has 0 saturated heterocycles. The van der Waals surface area contributed by atoms with Crippen LogP contribution in [0.15, 0.2) is 0 Å². The van der Waals surface area contributed by atoms with Crippen LogP contribution in [0.4, 0.5) is 23.2 Å². The van der Waals surface area contributed by atoms with Crippen molar-refractivity contribution < 1.29 is 22.4 Å². The van der Waals surface area contributed by atoms with Crippen molar-refractivity contribution >= 4 is 11.6 Å². The van der Waals surface area contributed by atoms with E-state index in [-0.39, 0.29) is 6.54 Å². The molecule has 7 heteroatoms. The van der Waals surface area contributed by atoms with E-state index in [1.165, 1.54) is 0 Å². The smallest absolute Gasteiger partial charge is 0.254 e. The number of carbonyl (C=O) groups is 1. The van der Waals surface area contributed by atoms with Crippen LogP contribution in [-0.2, 0) is 0 Å². The fourth-order valence-corrected chi connectivity index (χ4v) is 1.39. The molecular formula is C11H12F4N2O. The fraction of sp³-hybridized carbons (Fsp3) is 0.364. The normalized spacial score (nSPS) is 10.5. The molecule has 0 aliphatic rings. The second kappa shape index (κ2) is 5.70. The lowest BCUT2D eigenvalue weighted by atomic mass is 10.1. The summed E-state index contributed by atoms with van der Waals surface area (Å²) < 4.78 is 53.6. The van der Waals surface area contributed by atoms with Crippen molar-refractivity contribution in [2.75, 3.05) is 11.9 Å². The molecule has 3 N–H and O–H groups in total.